The zero-order valence-electron chi connectivity index (χ0n) is 12.6. The first-order valence-electron chi connectivity index (χ1n) is 7.12. The number of hydrogen-bond donors (Lipinski definition) is 0. The SMILES string of the molecule is CCCCC(CC(F)(F)F)S(=O)(=O)CC(=O)c1ccc(Cl)cc1. The largest absolute Gasteiger partial charge is 0.390 e. The van der Waals surface area contributed by atoms with Gasteiger partial charge in [0.2, 0.25) is 0 Å². The molecule has 130 valence electrons. The molecule has 1 rings (SSSR count). The molecule has 8 heteroatoms. The third-order valence-electron chi connectivity index (χ3n) is 3.35. The van der Waals surface area contributed by atoms with E-state index in [2.05, 4.69) is 0 Å². The van der Waals surface area contributed by atoms with Gasteiger partial charge in [0.25, 0.3) is 0 Å². The maximum Gasteiger partial charge on any atom is 0.390 e. The van der Waals surface area contributed by atoms with Crippen molar-refractivity contribution in [1.29, 1.82) is 0 Å². The molecule has 23 heavy (non-hydrogen) atoms. The Morgan fingerprint density at radius 2 is 1.78 bits per heavy atom. The average Bonchev–Trinajstić information content (AvgIpc) is 2.42. The summed E-state index contributed by atoms with van der Waals surface area (Å²) >= 11 is 5.68. The normalized spacial score (nSPS) is 13.8. The summed E-state index contributed by atoms with van der Waals surface area (Å²) in [6.07, 6.45) is -5.19. The fourth-order valence-corrected chi connectivity index (χ4v) is 3.98. The van der Waals surface area contributed by atoms with Crippen LogP contribution in [0.1, 0.15) is 43.0 Å². The van der Waals surface area contributed by atoms with Gasteiger partial charge >= 0.3 is 6.18 Å². The van der Waals surface area contributed by atoms with Gasteiger partial charge in [-0.1, -0.05) is 31.4 Å². The van der Waals surface area contributed by atoms with Crippen LogP contribution >= 0.6 is 11.6 Å². The Balaban J connectivity index is 2.91. The number of alkyl halides is 3. The van der Waals surface area contributed by atoms with Crippen LogP contribution in [0.3, 0.4) is 0 Å². The molecular weight excluding hydrogens is 353 g/mol. The second-order valence-corrected chi connectivity index (χ2v) is 8.04. The van der Waals surface area contributed by atoms with E-state index in [1.165, 1.54) is 24.3 Å². The first-order valence-corrected chi connectivity index (χ1v) is 9.21. The van der Waals surface area contributed by atoms with Gasteiger partial charge in [-0.2, -0.15) is 13.2 Å². The van der Waals surface area contributed by atoms with E-state index in [1.807, 2.05) is 0 Å². The van der Waals surface area contributed by atoms with Crippen molar-refractivity contribution in [3.8, 4) is 0 Å². The minimum atomic E-state index is -4.59. The molecule has 0 aliphatic carbocycles. The van der Waals surface area contributed by atoms with Crippen LogP contribution in [-0.4, -0.2) is 31.4 Å². The van der Waals surface area contributed by atoms with Gasteiger partial charge in [-0.15, -0.1) is 0 Å². The summed E-state index contributed by atoms with van der Waals surface area (Å²) in [6, 6.07) is 5.55. The van der Waals surface area contributed by atoms with Gasteiger partial charge in [0.05, 0.1) is 11.7 Å². The quantitative estimate of drug-likeness (QED) is 0.635. The molecule has 1 unspecified atom stereocenters. The van der Waals surface area contributed by atoms with Crippen molar-refractivity contribution in [3.63, 3.8) is 0 Å². The molecule has 1 atom stereocenters. The number of Topliss-reactive ketones (excluding diaryl/α,β-unsaturated/α-hetero) is 1. The molecule has 0 amide bonds. The molecule has 1 aromatic carbocycles. The average molecular weight is 371 g/mol. The van der Waals surface area contributed by atoms with Gasteiger partial charge in [-0.25, -0.2) is 8.42 Å². The van der Waals surface area contributed by atoms with Gasteiger partial charge in [-0.05, 0) is 30.7 Å². The third kappa shape index (κ3) is 6.91. The highest BCUT2D eigenvalue weighted by atomic mass is 35.5. The van der Waals surface area contributed by atoms with Crippen molar-refractivity contribution < 1.29 is 26.4 Å². The molecule has 0 spiro atoms. The number of rotatable bonds is 8. The van der Waals surface area contributed by atoms with Crippen molar-refractivity contribution >= 4 is 27.2 Å². The molecule has 0 heterocycles. The number of carbonyl (C=O) groups is 1. The lowest BCUT2D eigenvalue weighted by Crippen LogP contribution is -2.32. The summed E-state index contributed by atoms with van der Waals surface area (Å²) in [5, 5.41) is -1.21. The molecule has 0 bridgehead atoms. The van der Waals surface area contributed by atoms with Crippen LogP contribution < -0.4 is 0 Å². The molecule has 1 aromatic rings. The van der Waals surface area contributed by atoms with Crippen LogP contribution in [0.4, 0.5) is 13.2 Å². The zero-order valence-corrected chi connectivity index (χ0v) is 14.1. The van der Waals surface area contributed by atoms with E-state index in [1.54, 1.807) is 6.92 Å². The minimum Gasteiger partial charge on any atom is -0.293 e. The van der Waals surface area contributed by atoms with Crippen molar-refractivity contribution in [2.45, 2.75) is 44.0 Å². The number of benzene rings is 1. The van der Waals surface area contributed by atoms with Crippen LogP contribution in [0, 0.1) is 0 Å². The number of ketones is 1. The molecule has 0 fully saturated rings. The summed E-state index contributed by atoms with van der Waals surface area (Å²) < 4.78 is 62.2. The number of hydrogen-bond acceptors (Lipinski definition) is 3. The number of unbranched alkanes of at least 4 members (excludes halogenated alkanes) is 1. The summed E-state index contributed by atoms with van der Waals surface area (Å²) in [5.74, 6) is -1.66. The Kier molecular flexibility index (Phi) is 7.07. The highest BCUT2D eigenvalue weighted by Gasteiger charge is 2.38. The number of halogens is 4. The molecule has 0 radical (unpaired) electrons. The molecular formula is C15H18ClF3O3S. The number of carbonyl (C=O) groups excluding carboxylic acids is 1. The molecule has 0 aliphatic heterocycles. The van der Waals surface area contributed by atoms with E-state index in [4.69, 9.17) is 11.6 Å². The van der Waals surface area contributed by atoms with Crippen molar-refractivity contribution in [1.82, 2.24) is 0 Å². The monoisotopic (exact) mass is 370 g/mol. The predicted molar refractivity (Wildman–Crippen MR) is 83.6 cm³/mol. The molecule has 0 saturated heterocycles. The second kappa shape index (κ2) is 8.15. The number of sulfone groups is 1. The van der Waals surface area contributed by atoms with Gasteiger partial charge < -0.3 is 0 Å². The molecule has 0 aromatic heterocycles. The van der Waals surface area contributed by atoms with Gasteiger partial charge in [-0.3, -0.25) is 4.79 Å². The molecule has 0 N–H and O–H groups in total. The fourth-order valence-electron chi connectivity index (χ4n) is 2.12. The van der Waals surface area contributed by atoms with Crippen LogP contribution in [0.2, 0.25) is 5.02 Å². The first kappa shape index (κ1) is 20.0. The summed E-state index contributed by atoms with van der Waals surface area (Å²) in [6.45, 7) is 1.76. The van der Waals surface area contributed by atoms with E-state index in [0.717, 1.165) is 0 Å². The van der Waals surface area contributed by atoms with Crippen molar-refractivity contribution in [3.05, 3.63) is 34.9 Å². The van der Waals surface area contributed by atoms with Crippen LogP contribution in [0.5, 0.6) is 0 Å². The second-order valence-electron chi connectivity index (χ2n) is 5.32. The van der Waals surface area contributed by atoms with E-state index in [-0.39, 0.29) is 12.0 Å². The Morgan fingerprint density at radius 1 is 1.22 bits per heavy atom. The zero-order chi connectivity index (χ0) is 17.7. The Labute approximate surface area is 138 Å². The fraction of sp³-hybridized carbons (Fsp3) is 0.533. The van der Waals surface area contributed by atoms with Gasteiger partial charge in [0.15, 0.2) is 15.6 Å². The Bertz CT molecular complexity index is 624. The van der Waals surface area contributed by atoms with E-state index in [0.29, 0.717) is 17.9 Å². The van der Waals surface area contributed by atoms with Gasteiger partial charge in [0.1, 0.15) is 5.75 Å². The lowest BCUT2D eigenvalue weighted by Gasteiger charge is -2.18. The van der Waals surface area contributed by atoms with E-state index < -0.39 is 39.2 Å². The van der Waals surface area contributed by atoms with Gasteiger partial charge in [0, 0.05) is 10.6 Å². The Hall–Kier alpha value is -1.08. The third-order valence-corrected chi connectivity index (χ3v) is 5.68. The Morgan fingerprint density at radius 3 is 2.26 bits per heavy atom. The molecule has 3 nitrogen and oxygen atoms in total. The maximum absolute atomic E-state index is 12.6. The smallest absolute Gasteiger partial charge is 0.293 e. The van der Waals surface area contributed by atoms with Crippen LogP contribution in [-0.2, 0) is 9.84 Å². The van der Waals surface area contributed by atoms with E-state index in [9.17, 15) is 26.4 Å². The summed E-state index contributed by atoms with van der Waals surface area (Å²) in [7, 11) is -4.19. The highest BCUT2D eigenvalue weighted by molar-refractivity contribution is 7.92. The highest BCUT2D eigenvalue weighted by Crippen LogP contribution is 2.28. The first-order chi connectivity index (χ1) is 10.5. The summed E-state index contributed by atoms with van der Waals surface area (Å²) in [4.78, 5) is 12.0. The topological polar surface area (TPSA) is 51.2 Å². The van der Waals surface area contributed by atoms with Crippen LogP contribution in [0.15, 0.2) is 24.3 Å². The standard InChI is InChI=1S/C15H18ClF3O3S/c1-2-3-4-13(9-15(17,18)19)23(21,22)10-14(20)11-5-7-12(16)8-6-11/h5-8,13H,2-4,9-10H2,1H3. The summed E-state index contributed by atoms with van der Waals surface area (Å²) in [5.41, 5.74) is 0.110. The van der Waals surface area contributed by atoms with Crippen LogP contribution in [0.25, 0.3) is 0 Å². The van der Waals surface area contributed by atoms with E-state index >= 15 is 0 Å². The molecule has 0 saturated carbocycles. The predicted octanol–water partition coefficient (Wildman–Crippen LogP) is 4.45. The van der Waals surface area contributed by atoms with Crippen molar-refractivity contribution in [2.24, 2.45) is 0 Å². The van der Waals surface area contributed by atoms with Crippen molar-refractivity contribution in [2.75, 3.05) is 5.75 Å². The molecule has 0 aliphatic rings. The minimum absolute atomic E-state index is 0.105. The lowest BCUT2D eigenvalue weighted by molar-refractivity contribution is -0.134. The lowest BCUT2D eigenvalue weighted by atomic mass is 10.1. The maximum atomic E-state index is 12.6.